The number of pyridine rings is 1. The molecule has 0 atom stereocenters. The Bertz CT molecular complexity index is 843. The van der Waals surface area contributed by atoms with Crippen LogP contribution in [0.15, 0.2) is 82.8 Å². The third-order valence-electron chi connectivity index (χ3n) is 3.46. The predicted octanol–water partition coefficient (Wildman–Crippen LogP) is 5.57. The molecule has 25 heavy (non-hydrogen) atoms. The van der Waals surface area contributed by atoms with Crippen LogP contribution in [0.4, 0.5) is 5.69 Å². The van der Waals surface area contributed by atoms with Crippen molar-refractivity contribution < 1.29 is 4.92 Å². The fraction of sp³-hybridized carbons (Fsp3) is 0.105. The Morgan fingerprint density at radius 1 is 0.800 bits per heavy atom. The Kier molecular flexibility index (Phi) is 6.09. The van der Waals surface area contributed by atoms with E-state index >= 15 is 0 Å². The average Bonchev–Trinajstić information content (AvgIpc) is 2.66. The summed E-state index contributed by atoms with van der Waals surface area (Å²) in [7, 11) is 0. The maximum atomic E-state index is 11.3. The van der Waals surface area contributed by atoms with Crippen LogP contribution < -0.4 is 0 Å². The molecule has 1 heterocycles. The van der Waals surface area contributed by atoms with Crippen LogP contribution in [0.3, 0.4) is 0 Å². The lowest BCUT2D eigenvalue weighted by molar-refractivity contribution is -0.388. The minimum atomic E-state index is -0.369. The van der Waals surface area contributed by atoms with Crippen molar-refractivity contribution in [1.82, 2.24) is 4.98 Å². The number of aromatic nitrogens is 1. The van der Waals surface area contributed by atoms with Crippen LogP contribution >= 0.6 is 23.5 Å². The van der Waals surface area contributed by atoms with Gasteiger partial charge in [-0.1, -0.05) is 72.4 Å². The molecule has 0 saturated carbocycles. The molecule has 6 heteroatoms. The summed E-state index contributed by atoms with van der Waals surface area (Å²) in [4.78, 5) is 15.4. The highest BCUT2D eigenvalue weighted by molar-refractivity contribution is 7.99. The van der Waals surface area contributed by atoms with Crippen molar-refractivity contribution in [3.05, 3.63) is 94.0 Å². The Morgan fingerprint density at radius 3 is 1.92 bits per heavy atom. The van der Waals surface area contributed by atoms with E-state index in [1.165, 1.54) is 17.3 Å². The van der Waals surface area contributed by atoms with Gasteiger partial charge in [0.05, 0.1) is 9.95 Å². The number of nitro groups is 1. The molecule has 0 unspecified atom stereocenters. The molecular formula is C19H16N2O2S2. The zero-order valence-corrected chi connectivity index (χ0v) is 15.0. The quantitative estimate of drug-likeness (QED) is 0.310. The van der Waals surface area contributed by atoms with Crippen LogP contribution in [0, 0.1) is 10.1 Å². The van der Waals surface area contributed by atoms with E-state index in [1.54, 1.807) is 23.9 Å². The second kappa shape index (κ2) is 8.69. The summed E-state index contributed by atoms with van der Waals surface area (Å²) < 4.78 is 0. The van der Waals surface area contributed by atoms with Crippen LogP contribution in [0.2, 0.25) is 0 Å². The topological polar surface area (TPSA) is 56.0 Å². The lowest BCUT2D eigenvalue weighted by Gasteiger charge is -2.06. The molecule has 0 saturated heterocycles. The van der Waals surface area contributed by atoms with Gasteiger partial charge in [0, 0.05) is 17.6 Å². The third-order valence-corrected chi connectivity index (χ3v) is 5.51. The first-order valence-corrected chi connectivity index (χ1v) is 9.68. The second-order valence-electron chi connectivity index (χ2n) is 5.28. The molecule has 0 N–H and O–H groups in total. The number of hydrogen-bond acceptors (Lipinski definition) is 5. The number of hydrogen-bond donors (Lipinski definition) is 0. The Hall–Kier alpha value is -2.31. The van der Waals surface area contributed by atoms with Gasteiger partial charge in [0.25, 0.3) is 0 Å². The molecule has 0 radical (unpaired) electrons. The van der Waals surface area contributed by atoms with Crippen LogP contribution in [-0.2, 0) is 11.5 Å². The normalized spacial score (nSPS) is 10.6. The first-order chi connectivity index (χ1) is 12.2. The molecule has 0 fully saturated rings. The Labute approximate surface area is 154 Å². The summed E-state index contributed by atoms with van der Waals surface area (Å²) in [5.74, 6) is 1.44. The molecule has 3 rings (SSSR count). The summed E-state index contributed by atoms with van der Waals surface area (Å²) >= 11 is 2.98. The van der Waals surface area contributed by atoms with E-state index in [-0.39, 0.29) is 10.6 Å². The molecule has 0 aliphatic heterocycles. The molecule has 0 amide bonds. The summed E-state index contributed by atoms with van der Waals surface area (Å²) in [6.07, 6.45) is 0. The van der Waals surface area contributed by atoms with Gasteiger partial charge >= 0.3 is 5.69 Å². The minimum Gasteiger partial charge on any atom is -0.258 e. The van der Waals surface area contributed by atoms with E-state index in [2.05, 4.69) is 17.1 Å². The van der Waals surface area contributed by atoms with Crippen molar-refractivity contribution in [1.29, 1.82) is 0 Å². The highest BCUT2D eigenvalue weighted by Crippen LogP contribution is 2.32. The molecule has 0 aliphatic carbocycles. The van der Waals surface area contributed by atoms with Crippen LogP contribution in [0.5, 0.6) is 0 Å². The van der Waals surface area contributed by atoms with Gasteiger partial charge < -0.3 is 0 Å². The Morgan fingerprint density at radius 2 is 1.36 bits per heavy atom. The fourth-order valence-corrected chi connectivity index (χ4v) is 4.03. The number of rotatable bonds is 7. The fourth-order valence-electron chi connectivity index (χ4n) is 2.20. The number of benzene rings is 2. The summed E-state index contributed by atoms with van der Waals surface area (Å²) in [6, 6.07) is 23.3. The highest BCUT2D eigenvalue weighted by atomic mass is 32.2. The summed E-state index contributed by atoms with van der Waals surface area (Å²) in [5.41, 5.74) is 2.38. The van der Waals surface area contributed by atoms with Gasteiger partial charge in [-0.3, -0.25) is 10.1 Å². The molecule has 0 spiro atoms. The molecule has 0 aliphatic rings. The van der Waals surface area contributed by atoms with Crippen LogP contribution in [-0.4, -0.2) is 9.91 Å². The average molecular weight is 368 g/mol. The smallest absolute Gasteiger partial charge is 0.258 e. The number of nitrogens with zero attached hydrogens (tertiary/aromatic N) is 2. The first-order valence-electron chi connectivity index (χ1n) is 7.71. The molecule has 0 bridgehead atoms. The van der Waals surface area contributed by atoms with Crippen molar-refractivity contribution in [3.8, 4) is 0 Å². The maximum absolute atomic E-state index is 11.3. The van der Waals surface area contributed by atoms with E-state index in [0.717, 1.165) is 16.3 Å². The molecule has 126 valence electrons. The number of thioether (sulfide) groups is 2. The standard InChI is InChI=1S/C19H16N2O2S2/c22-21(23)17-11-12-18(24-13-15-7-3-1-4-8-15)20-19(17)25-14-16-9-5-2-6-10-16/h1-12H,13-14H2. The largest absolute Gasteiger partial charge is 0.301 e. The van der Waals surface area contributed by atoms with E-state index in [4.69, 9.17) is 0 Å². The van der Waals surface area contributed by atoms with Crippen molar-refractivity contribution in [2.24, 2.45) is 0 Å². The SMILES string of the molecule is O=[N+]([O-])c1ccc(SCc2ccccc2)nc1SCc1ccccc1. The molecule has 4 nitrogen and oxygen atoms in total. The maximum Gasteiger partial charge on any atom is 0.301 e. The highest BCUT2D eigenvalue weighted by Gasteiger charge is 2.17. The van der Waals surface area contributed by atoms with Crippen LogP contribution in [0.1, 0.15) is 11.1 Å². The molecular weight excluding hydrogens is 352 g/mol. The zero-order valence-electron chi connectivity index (χ0n) is 13.4. The van der Waals surface area contributed by atoms with E-state index in [9.17, 15) is 10.1 Å². The molecule has 1 aromatic heterocycles. The van der Waals surface area contributed by atoms with Crippen LogP contribution in [0.25, 0.3) is 0 Å². The van der Waals surface area contributed by atoms with E-state index < -0.39 is 0 Å². The van der Waals surface area contributed by atoms with E-state index in [1.807, 2.05) is 48.5 Å². The lowest BCUT2D eigenvalue weighted by atomic mass is 10.2. The van der Waals surface area contributed by atoms with Gasteiger partial charge in [-0.15, -0.1) is 11.8 Å². The van der Waals surface area contributed by atoms with Gasteiger partial charge in [0.1, 0.15) is 0 Å². The Balaban J connectivity index is 1.73. The van der Waals surface area contributed by atoms with Gasteiger partial charge in [-0.2, -0.15) is 0 Å². The van der Waals surface area contributed by atoms with Gasteiger partial charge in [0.2, 0.25) is 0 Å². The lowest BCUT2D eigenvalue weighted by Crippen LogP contribution is -1.95. The van der Waals surface area contributed by atoms with Crippen molar-refractivity contribution >= 4 is 29.2 Å². The zero-order chi connectivity index (χ0) is 17.5. The van der Waals surface area contributed by atoms with Gasteiger partial charge in [-0.25, -0.2) is 4.98 Å². The van der Waals surface area contributed by atoms with Gasteiger partial charge in [0.15, 0.2) is 5.03 Å². The predicted molar refractivity (Wildman–Crippen MR) is 103 cm³/mol. The van der Waals surface area contributed by atoms with Crippen molar-refractivity contribution in [2.75, 3.05) is 0 Å². The second-order valence-corrected chi connectivity index (χ2v) is 7.24. The van der Waals surface area contributed by atoms with Gasteiger partial charge in [-0.05, 0) is 17.2 Å². The van der Waals surface area contributed by atoms with Crippen molar-refractivity contribution in [2.45, 2.75) is 21.6 Å². The van der Waals surface area contributed by atoms with E-state index in [0.29, 0.717) is 10.8 Å². The first kappa shape index (κ1) is 17.5. The monoisotopic (exact) mass is 368 g/mol. The summed E-state index contributed by atoms with van der Waals surface area (Å²) in [5, 5.41) is 12.5. The third kappa shape index (κ3) is 5.08. The summed E-state index contributed by atoms with van der Waals surface area (Å²) in [6.45, 7) is 0. The molecule has 3 aromatic rings. The molecule has 2 aromatic carbocycles. The van der Waals surface area contributed by atoms with Crippen molar-refractivity contribution in [3.63, 3.8) is 0 Å². The minimum absolute atomic E-state index is 0.0602.